The van der Waals surface area contributed by atoms with E-state index in [1.54, 1.807) is 0 Å². The summed E-state index contributed by atoms with van der Waals surface area (Å²) in [5.41, 5.74) is 9.44. The van der Waals surface area contributed by atoms with Gasteiger partial charge in [-0.05, 0) is 41.5 Å². The second-order valence-electron chi connectivity index (χ2n) is 13.5. The van der Waals surface area contributed by atoms with E-state index in [1.165, 1.54) is 42.1 Å². The molecule has 1 aliphatic rings. The molecule has 0 N–H and O–H groups in total. The van der Waals surface area contributed by atoms with Crippen LogP contribution in [0.5, 0.6) is 0 Å². The van der Waals surface area contributed by atoms with Crippen molar-refractivity contribution in [3.8, 4) is 33.6 Å². The van der Waals surface area contributed by atoms with E-state index >= 15 is 0 Å². The number of para-hydroxylation sites is 1. The smallest absolute Gasteiger partial charge is 0.131 e. The number of aromatic nitrogens is 2. The Kier molecular flexibility index (Phi) is 10.8. The zero-order chi connectivity index (χ0) is 32.2. The van der Waals surface area contributed by atoms with E-state index in [1.807, 2.05) is 42.7 Å². The van der Waals surface area contributed by atoms with E-state index in [0.717, 1.165) is 55.6 Å². The molecule has 243 valence electrons. The molecule has 3 aromatic heterocycles. The molecule has 5 heteroatoms. The van der Waals surface area contributed by atoms with Crippen molar-refractivity contribution in [1.82, 2.24) is 9.97 Å². The molecule has 1 radical (unpaired) electrons. The fraction of sp³-hybridized carbons (Fsp3) is 0.209. The van der Waals surface area contributed by atoms with Gasteiger partial charge in [-0.25, -0.2) is 0 Å². The number of furan rings is 1. The molecule has 7 aromatic rings. The van der Waals surface area contributed by atoms with E-state index in [-0.39, 0.29) is 20.1 Å². The van der Waals surface area contributed by atoms with E-state index in [4.69, 9.17) is 4.42 Å². The molecular formula is C43H40GeIrN2O-2. The van der Waals surface area contributed by atoms with Crippen molar-refractivity contribution >= 4 is 39.6 Å². The van der Waals surface area contributed by atoms with Crippen molar-refractivity contribution in [2.24, 2.45) is 0 Å². The predicted octanol–water partition coefficient (Wildman–Crippen LogP) is 11.3. The quantitative estimate of drug-likeness (QED) is 0.128. The fourth-order valence-corrected chi connectivity index (χ4v) is 8.73. The van der Waals surface area contributed by atoms with Crippen molar-refractivity contribution < 1.29 is 24.5 Å². The van der Waals surface area contributed by atoms with Gasteiger partial charge in [0, 0.05) is 31.9 Å². The van der Waals surface area contributed by atoms with Crippen LogP contribution in [0, 0.1) is 12.1 Å². The summed E-state index contributed by atoms with van der Waals surface area (Å²) in [6, 6.07) is 44.5. The molecule has 0 bridgehead atoms. The zero-order valence-corrected chi connectivity index (χ0v) is 32.3. The molecule has 0 aliphatic heterocycles. The first-order chi connectivity index (χ1) is 22.9. The van der Waals surface area contributed by atoms with Gasteiger partial charge in [-0.15, -0.1) is 17.7 Å². The van der Waals surface area contributed by atoms with Crippen LogP contribution in [0.3, 0.4) is 0 Å². The number of fused-ring (bicyclic) bond motifs is 3. The van der Waals surface area contributed by atoms with Gasteiger partial charge >= 0.3 is 99.8 Å². The largest absolute Gasteiger partial charge is 0.476 e. The molecule has 0 unspecified atom stereocenters. The zero-order valence-electron chi connectivity index (χ0n) is 27.8. The molecule has 3 nitrogen and oxygen atoms in total. The molecule has 4 aromatic carbocycles. The first kappa shape index (κ1) is 34.1. The van der Waals surface area contributed by atoms with E-state index in [9.17, 15) is 0 Å². The van der Waals surface area contributed by atoms with Crippen LogP contribution >= 0.6 is 0 Å². The summed E-state index contributed by atoms with van der Waals surface area (Å²) in [5.74, 6) is 7.81. The molecule has 48 heavy (non-hydrogen) atoms. The van der Waals surface area contributed by atoms with Crippen molar-refractivity contribution in [3.63, 3.8) is 0 Å². The summed E-state index contributed by atoms with van der Waals surface area (Å²) >= 11 is -1.72. The average Bonchev–Trinajstić information content (AvgIpc) is 3.51. The summed E-state index contributed by atoms with van der Waals surface area (Å²) in [7, 11) is 0. The van der Waals surface area contributed by atoms with Crippen LogP contribution in [0.4, 0.5) is 0 Å². The second kappa shape index (κ2) is 15.2. The third-order valence-electron chi connectivity index (χ3n) is 9.25. The van der Waals surface area contributed by atoms with Gasteiger partial charge < -0.3 is 9.40 Å². The SMILES string of the molecule is [CH3][Ge]([CH3])([CH3])[c]1ccc(-c2[c-]cccc2)nc1.[Ir].[c-]1c(-c2cc(C3CCCCC3)ccn2)ccc2c1oc1c(-c3ccccc3)cccc12. The van der Waals surface area contributed by atoms with Gasteiger partial charge in [0.15, 0.2) is 0 Å². The molecule has 1 aliphatic carbocycles. The van der Waals surface area contributed by atoms with Crippen molar-refractivity contribution in [2.75, 3.05) is 0 Å². The van der Waals surface area contributed by atoms with Crippen LogP contribution in [-0.4, -0.2) is 23.2 Å². The van der Waals surface area contributed by atoms with E-state index in [2.05, 4.69) is 118 Å². The van der Waals surface area contributed by atoms with Gasteiger partial charge in [0.05, 0.1) is 5.58 Å². The van der Waals surface area contributed by atoms with Gasteiger partial charge in [-0.1, -0.05) is 90.9 Å². The van der Waals surface area contributed by atoms with Gasteiger partial charge in [-0.3, -0.25) is 0 Å². The topological polar surface area (TPSA) is 38.9 Å². The molecule has 0 amide bonds. The summed E-state index contributed by atoms with van der Waals surface area (Å²) in [6.07, 6.45) is 10.6. The van der Waals surface area contributed by atoms with Gasteiger partial charge in [0.25, 0.3) is 0 Å². The Morgan fingerprint density at radius 2 is 1.52 bits per heavy atom. The maximum Gasteiger partial charge on any atom is 0.131 e. The molecular weight excluding hydrogens is 825 g/mol. The number of pyridine rings is 2. The Hall–Kier alpha value is -3.83. The molecule has 0 saturated heterocycles. The molecule has 1 fully saturated rings. The molecule has 1 saturated carbocycles. The van der Waals surface area contributed by atoms with Crippen LogP contribution in [0.1, 0.15) is 43.6 Å². The summed E-state index contributed by atoms with van der Waals surface area (Å²) in [6.45, 7) is 0. The maximum absolute atomic E-state index is 6.36. The maximum atomic E-state index is 6.36. The van der Waals surface area contributed by atoms with Gasteiger partial charge in [-0.2, -0.15) is 0 Å². The molecule has 0 atom stereocenters. The minimum Gasteiger partial charge on any atom is -0.476 e. The Morgan fingerprint density at radius 3 is 2.25 bits per heavy atom. The summed E-state index contributed by atoms with van der Waals surface area (Å²) in [5, 5.41) is 2.23. The summed E-state index contributed by atoms with van der Waals surface area (Å²) in [4.78, 5) is 9.19. The number of hydrogen-bond acceptors (Lipinski definition) is 3. The Labute approximate surface area is 300 Å². The van der Waals surface area contributed by atoms with Crippen LogP contribution in [-0.2, 0) is 20.1 Å². The molecule has 8 rings (SSSR count). The third-order valence-corrected chi connectivity index (χ3v) is 13.5. The van der Waals surface area contributed by atoms with E-state index in [0.29, 0.717) is 5.92 Å². The minimum absolute atomic E-state index is 0. The number of rotatable bonds is 5. The molecule has 0 spiro atoms. The first-order valence-corrected chi connectivity index (χ1v) is 24.1. The van der Waals surface area contributed by atoms with Crippen molar-refractivity contribution in [3.05, 3.63) is 139 Å². The standard InChI is InChI=1S/C29H24NO.C14H16GeN.Ir/c1-3-8-20(9-4-1)22-16-17-30-27(18-22)23-14-15-25-26-13-7-12-24(21-10-5-2-6-11-21)29(26)31-28(25)19-23;1-15(2,3)13-9-10-14(16-11-13)12-7-5-4-6-8-12;/h2,5-7,10-18,20H,1,3-4,8-9H2;4-7,9-11H,1-3H3;/q2*-1;. The second-order valence-corrected chi connectivity index (χ2v) is 24.2. The van der Waals surface area contributed by atoms with Crippen molar-refractivity contribution in [1.29, 1.82) is 0 Å². The first-order valence-electron chi connectivity index (χ1n) is 16.8. The van der Waals surface area contributed by atoms with Crippen molar-refractivity contribution in [2.45, 2.75) is 55.3 Å². The number of hydrogen-bond donors (Lipinski definition) is 0. The van der Waals surface area contributed by atoms with Gasteiger partial charge in [0.2, 0.25) is 0 Å². The number of benzene rings is 4. The van der Waals surface area contributed by atoms with Crippen LogP contribution in [0.2, 0.25) is 17.3 Å². The molecule has 3 heterocycles. The van der Waals surface area contributed by atoms with Gasteiger partial charge in [0.1, 0.15) is 5.58 Å². The monoisotopic (exact) mass is 867 g/mol. The Balaban J connectivity index is 0.000000201. The van der Waals surface area contributed by atoms with Crippen LogP contribution < -0.4 is 4.40 Å². The average molecular weight is 866 g/mol. The minimum atomic E-state index is -1.72. The Morgan fingerprint density at radius 1 is 0.708 bits per heavy atom. The van der Waals surface area contributed by atoms with Crippen LogP contribution in [0.25, 0.3) is 55.6 Å². The fourth-order valence-electron chi connectivity index (χ4n) is 6.56. The summed E-state index contributed by atoms with van der Waals surface area (Å²) < 4.78 is 7.81. The van der Waals surface area contributed by atoms with Crippen LogP contribution in [0.15, 0.2) is 126 Å². The predicted molar refractivity (Wildman–Crippen MR) is 199 cm³/mol. The third kappa shape index (κ3) is 7.57. The Bertz CT molecular complexity index is 2100. The normalized spacial score (nSPS) is 13.5. The van der Waals surface area contributed by atoms with E-state index < -0.39 is 13.3 Å². The number of nitrogens with zero attached hydrogens (tertiary/aromatic N) is 2.